The van der Waals surface area contributed by atoms with Crippen molar-refractivity contribution in [2.45, 2.75) is 39.0 Å². The van der Waals surface area contributed by atoms with Crippen molar-refractivity contribution >= 4 is 11.8 Å². The van der Waals surface area contributed by atoms with E-state index in [9.17, 15) is 9.59 Å². The number of hydrogen-bond donors (Lipinski definition) is 0. The van der Waals surface area contributed by atoms with Gasteiger partial charge >= 0.3 is 5.97 Å². The van der Waals surface area contributed by atoms with E-state index < -0.39 is 5.41 Å². The molecule has 1 fully saturated rings. The van der Waals surface area contributed by atoms with Crippen molar-refractivity contribution in [3.63, 3.8) is 0 Å². The lowest BCUT2D eigenvalue weighted by Crippen LogP contribution is -2.39. The van der Waals surface area contributed by atoms with Gasteiger partial charge in [0.1, 0.15) is 17.3 Å². The van der Waals surface area contributed by atoms with Crippen LogP contribution in [0.3, 0.4) is 0 Å². The standard InChI is InChI=1S/C24H28O5/c1-4-29-23(26)24(14-12-19(25)13-15-24)16-17-8-10-18(11-9-17)22-20(27-2)6-5-7-21(22)28-3/h5-11H,4,12-16H2,1-3H3. The predicted octanol–water partition coefficient (Wildman–Crippen LogP) is 4.61. The van der Waals surface area contributed by atoms with E-state index in [-0.39, 0.29) is 11.8 Å². The van der Waals surface area contributed by atoms with E-state index in [0.717, 1.165) is 28.2 Å². The summed E-state index contributed by atoms with van der Waals surface area (Å²) in [6.07, 6.45) is 2.55. The molecule has 0 spiro atoms. The number of hydrogen-bond acceptors (Lipinski definition) is 5. The maximum atomic E-state index is 12.7. The van der Waals surface area contributed by atoms with E-state index in [4.69, 9.17) is 14.2 Å². The first-order valence-corrected chi connectivity index (χ1v) is 10.0. The van der Waals surface area contributed by atoms with Crippen molar-refractivity contribution in [2.24, 2.45) is 5.41 Å². The first-order chi connectivity index (χ1) is 14.0. The van der Waals surface area contributed by atoms with Gasteiger partial charge in [-0.25, -0.2) is 0 Å². The Bertz CT molecular complexity index is 837. The minimum Gasteiger partial charge on any atom is -0.496 e. The SMILES string of the molecule is CCOC(=O)C1(Cc2ccc(-c3c(OC)cccc3OC)cc2)CCC(=O)CC1. The topological polar surface area (TPSA) is 61.8 Å². The first kappa shape index (κ1) is 20.9. The fraction of sp³-hybridized carbons (Fsp3) is 0.417. The second kappa shape index (κ2) is 9.12. The van der Waals surface area contributed by atoms with Crippen LogP contribution in [0.1, 0.15) is 38.2 Å². The maximum absolute atomic E-state index is 12.7. The van der Waals surface area contributed by atoms with Gasteiger partial charge in [-0.3, -0.25) is 9.59 Å². The summed E-state index contributed by atoms with van der Waals surface area (Å²) in [5, 5.41) is 0. The molecule has 2 aromatic rings. The Morgan fingerprint density at radius 1 is 0.966 bits per heavy atom. The van der Waals surface area contributed by atoms with Crippen molar-refractivity contribution in [1.29, 1.82) is 0 Å². The van der Waals surface area contributed by atoms with Crippen molar-refractivity contribution < 1.29 is 23.8 Å². The summed E-state index contributed by atoms with van der Waals surface area (Å²) in [5.41, 5.74) is 2.30. The summed E-state index contributed by atoms with van der Waals surface area (Å²) < 4.78 is 16.4. The molecule has 1 aliphatic rings. The van der Waals surface area contributed by atoms with Crippen molar-refractivity contribution in [2.75, 3.05) is 20.8 Å². The molecule has 1 saturated carbocycles. The lowest BCUT2D eigenvalue weighted by molar-refractivity contribution is -0.158. The molecule has 0 amide bonds. The van der Waals surface area contributed by atoms with Gasteiger partial charge in [0.15, 0.2) is 0 Å². The minimum atomic E-state index is -0.617. The Hall–Kier alpha value is -2.82. The van der Waals surface area contributed by atoms with Gasteiger partial charge in [0.05, 0.1) is 31.8 Å². The van der Waals surface area contributed by atoms with Crippen molar-refractivity contribution in [3.05, 3.63) is 48.0 Å². The van der Waals surface area contributed by atoms with Crippen LogP contribution in [0.5, 0.6) is 11.5 Å². The average Bonchev–Trinajstić information content (AvgIpc) is 2.75. The Labute approximate surface area is 172 Å². The zero-order chi connectivity index (χ0) is 20.9. The summed E-state index contributed by atoms with van der Waals surface area (Å²) in [5.74, 6) is 1.52. The van der Waals surface area contributed by atoms with Gasteiger partial charge < -0.3 is 14.2 Å². The third kappa shape index (κ3) is 4.44. The van der Waals surface area contributed by atoms with Crippen LogP contribution in [0.25, 0.3) is 11.1 Å². The van der Waals surface area contributed by atoms with Gasteiger partial charge in [-0.1, -0.05) is 30.3 Å². The summed E-state index contributed by atoms with van der Waals surface area (Å²) in [7, 11) is 3.28. The molecular formula is C24H28O5. The van der Waals surface area contributed by atoms with E-state index >= 15 is 0 Å². The second-order valence-corrected chi connectivity index (χ2v) is 7.45. The zero-order valence-corrected chi connectivity index (χ0v) is 17.3. The fourth-order valence-corrected chi connectivity index (χ4v) is 4.06. The smallest absolute Gasteiger partial charge is 0.312 e. The van der Waals surface area contributed by atoms with Crippen LogP contribution >= 0.6 is 0 Å². The molecule has 29 heavy (non-hydrogen) atoms. The summed E-state index contributed by atoms with van der Waals surface area (Å²) in [6.45, 7) is 2.16. The molecule has 0 aliphatic heterocycles. The Morgan fingerprint density at radius 3 is 2.07 bits per heavy atom. The fourth-order valence-electron chi connectivity index (χ4n) is 4.06. The molecule has 0 aromatic heterocycles. The maximum Gasteiger partial charge on any atom is 0.312 e. The normalized spacial score (nSPS) is 15.6. The average molecular weight is 396 g/mol. The van der Waals surface area contributed by atoms with E-state index in [1.165, 1.54) is 0 Å². The second-order valence-electron chi connectivity index (χ2n) is 7.45. The third-order valence-electron chi connectivity index (χ3n) is 5.69. The largest absolute Gasteiger partial charge is 0.496 e. The zero-order valence-electron chi connectivity index (χ0n) is 17.3. The third-order valence-corrected chi connectivity index (χ3v) is 5.69. The van der Waals surface area contributed by atoms with Crippen molar-refractivity contribution in [3.8, 4) is 22.6 Å². The van der Waals surface area contributed by atoms with Gasteiger partial charge in [0, 0.05) is 12.8 Å². The molecular weight excluding hydrogens is 368 g/mol. The number of esters is 1. The Morgan fingerprint density at radius 2 is 1.55 bits per heavy atom. The van der Waals surface area contributed by atoms with E-state index in [0.29, 0.717) is 38.7 Å². The molecule has 2 aromatic carbocycles. The van der Waals surface area contributed by atoms with Gasteiger partial charge in [-0.15, -0.1) is 0 Å². The number of Topliss-reactive ketones (excluding diaryl/α,β-unsaturated/α-hetero) is 1. The number of ketones is 1. The molecule has 0 bridgehead atoms. The Kier molecular flexibility index (Phi) is 6.57. The number of ether oxygens (including phenoxy) is 3. The first-order valence-electron chi connectivity index (χ1n) is 10.0. The molecule has 0 unspecified atom stereocenters. The molecule has 0 radical (unpaired) electrons. The molecule has 1 aliphatic carbocycles. The number of rotatable bonds is 7. The van der Waals surface area contributed by atoms with E-state index in [1.54, 1.807) is 14.2 Å². The molecule has 154 valence electrons. The molecule has 0 N–H and O–H groups in total. The molecule has 3 rings (SSSR count). The highest BCUT2D eigenvalue weighted by Crippen LogP contribution is 2.41. The monoisotopic (exact) mass is 396 g/mol. The van der Waals surface area contributed by atoms with Gasteiger partial charge in [0.25, 0.3) is 0 Å². The van der Waals surface area contributed by atoms with Gasteiger partial charge in [0.2, 0.25) is 0 Å². The lowest BCUT2D eigenvalue weighted by Gasteiger charge is -2.34. The number of carbonyl (C=O) groups excluding carboxylic acids is 2. The highest BCUT2D eigenvalue weighted by atomic mass is 16.5. The van der Waals surface area contributed by atoms with Crippen LogP contribution in [0.15, 0.2) is 42.5 Å². The summed E-state index contributed by atoms with van der Waals surface area (Å²) >= 11 is 0. The molecule has 5 heteroatoms. The number of benzene rings is 2. The van der Waals surface area contributed by atoms with Crippen molar-refractivity contribution in [1.82, 2.24) is 0 Å². The highest BCUT2D eigenvalue weighted by Gasteiger charge is 2.42. The van der Waals surface area contributed by atoms with E-state index in [2.05, 4.69) is 0 Å². The molecule has 5 nitrogen and oxygen atoms in total. The van der Waals surface area contributed by atoms with Crippen LogP contribution in [-0.2, 0) is 20.7 Å². The van der Waals surface area contributed by atoms with Crippen LogP contribution in [0, 0.1) is 5.41 Å². The van der Waals surface area contributed by atoms with Crippen LogP contribution in [0.4, 0.5) is 0 Å². The Balaban J connectivity index is 1.88. The van der Waals surface area contributed by atoms with Gasteiger partial charge in [-0.05, 0) is 49.4 Å². The minimum absolute atomic E-state index is 0.192. The van der Waals surface area contributed by atoms with Crippen LogP contribution < -0.4 is 9.47 Å². The molecule has 0 saturated heterocycles. The highest BCUT2D eigenvalue weighted by molar-refractivity contribution is 5.85. The predicted molar refractivity (Wildman–Crippen MR) is 111 cm³/mol. The quantitative estimate of drug-likeness (QED) is 0.640. The summed E-state index contributed by atoms with van der Waals surface area (Å²) in [4.78, 5) is 24.5. The van der Waals surface area contributed by atoms with Crippen LogP contribution in [-0.4, -0.2) is 32.6 Å². The molecule has 0 atom stereocenters. The van der Waals surface area contributed by atoms with Gasteiger partial charge in [-0.2, -0.15) is 0 Å². The van der Waals surface area contributed by atoms with E-state index in [1.807, 2.05) is 49.4 Å². The summed E-state index contributed by atoms with van der Waals surface area (Å²) in [6, 6.07) is 13.8. The molecule has 0 heterocycles. The number of carbonyl (C=O) groups is 2. The lowest BCUT2D eigenvalue weighted by atomic mass is 9.70. The number of methoxy groups -OCH3 is 2. The van der Waals surface area contributed by atoms with Crippen LogP contribution in [0.2, 0.25) is 0 Å².